The summed E-state index contributed by atoms with van der Waals surface area (Å²) >= 11 is 0. The van der Waals surface area contributed by atoms with E-state index < -0.39 is 0 Å². The number of aliphatic imine (C=N–C) groups is 1. The molecule has 1 atom stereocenters. The van der Waals surface area contributed by atoms with Gasteiger partial charge in [-0.25, -0.2) is 0 Å². The molecule has 0 aliphatic heterocycles. The van der Waals surface area contributed by atoms with Gasteiger partial charge in [-0.05, 0) is 18.7 Å². The maximum absolute atomic E-state index is 4.22. The highest BCUT2D eigenvalue weighted by Gasteiger charge is 2.01. The van der Waals surface area contributed by atoms with Crippen LogP contribution < -0.4 is 0 Å². The highest BCUT2D eigenvalue weighted by Crippen LogP contribution is 2.13. The highest BCUT2D eigenvalue weighted by molar-refractivity contribution is 5.53. The Kier molecular flexibility index (Phi) is 3.52. The number of benzene rings is 1. The molecule has 0 bridgehead atoms. The SMILES string of the molecule is CC=NCC(C)c1ccccc1. The van der Waals surface area contributed by atoms with Crippen LogP contribution in [-0.2, 0) is 0 Å². The van der Waals surface area contributed by atoms with Crippen LogP contribution in [0.4, 0.5) is 0 Å². The van der Waals surface area contributed by atoms with E-state index in [0.29, 0.717) is 5.92 Å². The summed E-state index contributed by atoms with van der Waals surface area (Å²) in [6, 6.07) is 10.5. The monoisotopic (exact) mass is 161 g/mol. The van der Waals surface area contributed by atoms with Gasteiger partial charge in [0.15, 0.2) is 0 Å². The third-order valence-electron chi connectivity index (χ3n) is 1.93. The third-order valence-corrected chi connectivity index (χ3v) is 1.93. The Morgan fingerprint density at radius 3 is 2.58 bits per heavy atom. The summed E-state index contributed by atoms with van der Waals surface area (Å²) in [5.74, 6) is 0.530. The predicted octanol–water partition coefficient (Wildman–Crippen LogP) is 2.88. The standard InChI is InChI=1S/C11H15N/c1-3-12-9-10(2)11-7-5-4-6-8-11/h3-8,10H,9H2,1-2H3. The van der Waals surface area contributed by atoms with E-state index in [-0.39, 0.29) is 0 Å². The average Bonchev–Trinajstić information content (AvgIpc) is 2.15. The van der Waals surface area contributed by atoms with E-state index in [2.05, 4.69) is 36.2 Å². The van der Waals surface area contributed by atoms with Crippen LogP contribution in [-0.4, -0.2) is 12.8 Å². The normalized spacial score (nSPS) is 13.5. The molecule has 1 aromatic rings. The zero-order valence-electron chi connectivity index (χ0n) is 7.70. The van der Waals surface area contributed by atoms with Gasteiger partial charge in [-0.3, -0.25) is 4.99 Å². The van der Waals surface area contributed by atoms with E-state index >= 15 is 0 Å². The first-order valence-corrected chi connectivity index (χ1v) is 4.34. The van der Waals surface area contributed by atoms with Gasteiger partial charge < -0.3 is 0 Å². The van der Waals surface area contributed by atoms with Gasteiger partial charge in [0.2, 0.25) is 0 Å². The van der Waals surface area contributed by atoms with Crippen LogP contribution in [0.5, 0.6) is 0 Å². The second kappa shape index (κ2) is 4.70. The molecule has 1 nitrogen and oxygen atoms in total. The number of rotatable bonds is 3. The summed E-state index contributed by atoms with van der Waals surface area (Å²) in [5, 5.41) is 0. The zero-order chi connectivity index (χ0) is 8.81. The van der Waals surface area contributed by atoms with Crippen LogP contribution in [0.1, 0.15) is 25.3 Å². The van der Waals surface area contributed by atoms with E-state index in [1.807, 2.05) is 19.2 Å². The van der Waals surface area contributed by atoms with Crippen molar-refractivity contribution in [1.29, 1.82) is 0 Å². The molecule has 0 aliphatic rings. The molecule has 0 heterocycles. The van der Waals surface area contributed by atoms with Gasteiger partial charge >= 0.3 is 0 Å². The minimum absolute atomic E-state index is 0.530. The first-order chi connectivity index (χ1) is 5.84. The van der Waals surface area contributed by atoms with Crippen LogP contribution in [0.25, 0.3) is 0 Å². The molecule has 1 unspecified atom stereocenters. The van der Waals surface area contributed by atoms with Gasteiger partial charge in [-0.1, -0.05) is 37.3 Å². The van der Waals surface area contributed by atoms with Crippen molar-refractivity contribution >= 4 is 6.21 Å². The van der Waals surface area contributed by atoms with Crippen molar-refractivity contribution in [2.24, 2.45) is 4.99 Å². The molecule has 0 aliphatic carbocycles. The van der Waals surface area contributed by atoms with Gasteiger partial charge in [0.25, 0.3) is 0 Å². The zero-order valence-corrected chi connectivity index (χ0v) is 7.70. The predicted molar refractivity (Wildman–Crippen MR) is 53.9 cm³/mol. The van der Waals surface area contributed by atoms with Gasteiger partial charge in [-0.2, -0.15) is 0 Å². The molecule has 0 aromatic heterocycles. The van der Waals surface area contributed by atoms with Crippen molar-refractivity contribution in [3.8, 4) is 0 Å². The first kappa shape index (κ1) is 8.98. The summed E-state index contributed by atoms with van der Waals surface area (Å²) in [6.45, 7) is 5.04. The van der Waals surface area contributed by atoms with Gasteiger partial charge in [-0.15, -0.1) is 0 Å². The topological polar surface area (TPSA) is 12.4 Å². The van der Waals surface area contributed by atoms with Gasteiger partial charge in [0.05, 0.1) is 0 Å². The number of hydrogen-bond donors (Lipinski definition) is 0. The van der Waals surface area contributed by atoms with Crippen LogP contribution in [0, 0.1) is 0 Å². The Hall–Kier alpha value is -1.11. The molecule has 12 heavy (non-hydrogen) atoms. The largest absolute Gasteiger partial charge is 0.297 e. The van der Waals surface area contributed by atoms with E-state index in [1.54, 1.807) is 0 Å². The molecular formula is C11H15N. The molecule has 0 saturated heterocycles. The second-order valence-corrected chi connectivity index (χ2v) is 2.94. The molecule has 0 N–H and O–H groups in total. The van der Waals surface area contributed by atoms with Crippen molar-refractivity contribution in [1.82, 2.24) is 0 Å². The number of hydrogen-bond acceptors (Lipinski definition) is 1. The summed E-state index contributed by atoms with van der Waals surface area (Å²) in [6.07, 6.45) is 1.86. The quantitative estimate of drug-likeness (QED) is 0.604. The molecule has 1 rings (SSSR count). The van der Waals surface area contributed by atoms with Crippen molar-refractivity contribution < 1.29 is 0 Å². The van der Waals surface area contributed by atoms with Crippen molar-refractivity contribution in [2.75, 3.05) is 6.54 Å². The first-order valence-electron chi connectivity index (χ1n) is 4.34. The molecule has 0 amide bonds. The highest BCUT2D eigenvalue weighted by atomic mass is 14.7. The fraction of sp³-hybridized carbons (Fsp3) is 0.364. The van der Waals surface area contributed by atoms with E-state index in [0.717, 1.165) is 6.54 Å². The lowest BCUT2D eigenvalue weighted by Crippen LogP contribution is -1.96. The molecular weight excluding hydrogens is 146 g/mol. The Morgan fingerprint density at radius 1 is 1.33 bits per heavy atom. The van der Waals surface area contributed by atoms with Crippen LogP contribution in [0.3, 0.4) is 0 Å². The minimum Gasteiger partial charge on any atom is -0.297 e. The average molecular weight is 161 g/mol. The molecule has 0 spiro atoms. The minimum atomic E-state index is 0.530. The fourth-order valence-electron chi connectivity index (χ4n) is 1.15. The van der Waals surface area contributed by atoms with Crippen molar-refractivity contribution in [3.05, 3.63) is 35.9 Å². The lowest BCUT2D eigenvalue weighted by atomic mass is 10.0. The number of nitrogens with zero attached hydrogens (tertiary/aromatic N) is 1. The Morgan fingerprint density at radius 2 is 2.00 bits per heavy atom. The van der Waals surface area contributed by atoms with E-state index in [4.69, 9.17) is 0 Å². The van der Waals surface area contributed by atoms with Crippen LogP contribution in [0.2, 0.25) is 0 Å². The summed E-state index contributed by atoms with van der Waals surface area (Å²) in [5.41, 5.74) is 1.36. The lowest BCUT2D eigenvalue weighted by Gasteiger charge is -2.07. The van der Waals surface area contributed by atoms with Gasteiger partial charge in [0.1, 0.15) is 0 Å². The van der Waals surface area contributed by atoms with Crippen molar-refractivity contribution in [3.63, 3.8) is 0 Å². The molecule has 1 heteroatoms. The maximum Gasteiger partial charge on any atom is 0.0451 e. The fourth-order valence-corrected chi connectivity index (χ4v) is 1.15. The van der Waals surface area contributed by atoms with E-state index in [1.165, 1.54) is 5.56 Å². The van der Waals surface area contributed by atoms with Crippen LogP contribution in [0.15, 0.2) is 35.3 Å². The molecule has 0 fully saturated rings. The van der Waals surface area contributed by atoms with E-state index in [9.17, 15) is 0 Å². The Labute approximate surface area is 74.2 Å². The smallest absolute Gasteiger partial charge is 0.0451 e. The van der Waals surface area contributed by atoms with Gasteiger partial charge in [0, 0.05) is 12.5 Å². The molecule has 64 valence electrons. The van der Waals surface area contributed by atoms with Crippen molar-refractivity contribution in [2.45, 2.75) is 19.8 Å². The molecule has 0 saturated carbocycles. The summed E-state index contributed by atoms with van der Waals surface area (Å²) < 4.78 is 0. The third kappa shape index (κ3) is 2.50. The maximum atomic E-state index is 4.22. The summed E-state index contributed by atoms with van der Waals surface area (Å²) in [4.78, 5) is 4.22. The molecule has 0 radical (unpaired) electrons. The Bertz CT molecular complexity index is 238. The lowest BCUT2D eigenvalue weighted by molar-refractivity contribution is 0.777. The second-order valence-electron chi connectivity index (χ2n) is 2.94. The Balaban J connectivity index is 2.59. The van der Waals surface area contributed by atoms with Crippen LogP contribution >= 0.6 is 0 Å². The molecule has 1 aromatic carbocycles. The summed E-state index contributed by atoms with van der Waals surface area (Å²) in [7, 11) is 0.